The number of aromatic nitrogens is 1. The molecule has 8 heteroatoms. The number of carboxylic acids is 1. The lowest BCUT2D eigenvalue weighted by Gasteiger charge is -2.08. The summed E-state index contributed by atoms with van der Waals surface area (Å²) in [4.78, 5) is 24.7. The third kappa shape index (κ3) is 3.11. The lowest BCUT2D eigenvalue weighted by atomic mass is 10.2. The highest BCUT2D eigenvalue weighted by molar-refractivity contribution is 5.89. The standard InChI is InChI=1S/C13H10FN3O4/c1-7-2-3-9(14)10(4-7)16-12-11(17(20)21)5-8(6-15-12)13(18)19/h2-6H,1H3,(H,15,16)(H,18,19). The number of pyridine rings is 1. The molecular weight excluding hydrogens is 281 g/mol. The van der Waals surface area contributed by atoms with E-state index in [0.717, 1.165) is 17.8 Å². The molecule has 0 fully saturated rings. The molecule has 7 nitrogen and oxygen atoms in total. The Labute approximate surface area is 118 Å². The van der Waals surface area contributed by atoms with Crippen LogP contribution in [0.15, 0.2) is 30.5 Å². The van der Waals surface area contributed by atoms with Crippen molar-refractivity contribution in [2.45, 2.75) is 6.92 Å². The summed E-state index contributed by atoms with van der Waals surface area (Å²) < 4.78 is 13.6. The number of benzene rings is 1. The van der Waals surface area contributed by atoms with Gasteiger partial charge in [0.2, 0.25) is 5.82 Å². The van der Waals surface area contributed by atoms with Crippen LogP contribution < -0.4 is 5.32 Å². The molecule has 2 aromatic rings. The maximum atomic E-state index is 13.6. The quantitative estimate of drug-likeness (QED) is 0.662. The summed E-state index contributed by atoms with van der Waals surface area (Å²) in [6.07, 6.45) is 0.964. The minimum absolute atomic E-state index is 0.0219. The van der Waals surface area contributed by atoms with Crippen molar-refractivity contribution in [3.63, 3.8) is 0 Å². The lowest BCUT2D eigenvalue weighted by molar-refractivity contribution is -0.384. The van der Waals surface area contributed by atoms with E-state index in [1.54, 1.807) is 13.0 Å². The molecule has 0 aliphatic heterocycles. The second-order valence-corrected chi connectivity index (χ2v) is 4.26. The molecule has 1 aromatic heterocycles. The summed E-state index contributed by atoms with van der Waals surface area (Å²) in [7, 11) is 0. The summed E-state index contributed by atoms with van der Waals surface area (Å²) in [5, 5.41) is 22.3. The number of carbonyl (C=O) groups is 1. The second-order valence-electron chi connectivity index (χ2n) is 4.26. The second kappa shape index (κ2) is 5.53. The molecule has 2 rings (SSSR count). The smallest absolute Gasteiger partial charge is 0.337 e. The molecule has 0 aliphatic rings. The number of nitrogens with one attached hydrogen (secondary N) is 1. The van der Waals surface area contributed by atoms with Crippen LogP contribution in [0.4, 0.5) is 21.6 Å². The van der Waals surface area contributed by atoms with Gasteiger partial charge in [0.1, 0.15) is 5.82 Å². The molecule has 108 valence electrons. The van der Waals surface area contributed by atoms with Crippen molar-refractivity contribution in [3.8, 4) is 0 Å². The van der Waals surface area contributed by atoms with E-state index in [0.29, 0.717) is 0 Å². The van der Waals surface area contributed by atoms with E-state index < -0.39 is 22.4 Å². The Morgan fingerprint density at radius 2 is 2.14 bits per heavy atom. The van der Waals surface area contributed by atoms with Crippen LogP contribution in [-0.2, 0) is 0 Å². The van der Waals surface area contributed by atoms with Crippen LogP contribution in [0.5, 0.6) is 0 Å². The maximum absolute atomic E-state index is 13.6. The topological polar surface area (TPSA) is 105 Å². The number of aryl methyl sites for hydroxylation is 1. The molecule has 0 atom stereocenters. The number of aromatic carboxylic acids is 1. The molecule has 0 aliphatic carbocycles. The monoisotopic (exact) mass is 291 g/mol. The summed E-state index contributed by atoms with van der Waals surface area (Å²) in [6.45, 7) is 1.74. The number of hydrogen-bond donors (Lipinski definition) is 2. The van der Waals surface area contributed by atoms with E-state index >= 15 is 0 Å². The van der Waals surface area contributed by atoms with E-state index in [1.165, 1.54) is 12.1 Å². The molecule has 0 unspecified atom stereocenters. The fourth-order valence-corrected chi connectivity index (χ4v) is 1.67. The van der Waals surface area contributed by atoms with Gasteiger partial charge in [0.05, 0.1) is 16.2 Å². The van der Waals surface area contributed by atoms with Gasteiger partial charge in [-0.05, 0) is 24.6 Å². The molecule has 1 aromatic carbocycles. The highest BCUT2D eigenvalue weighted by Gasteiger charge is 2.20. The Morgan fingerprint density at radius 3 is 2.76 bits per heavy atom. The van der Waals surface area contributed by atoms with Crippen molar-refractivity contribution < 1.29 is 19.2 Å². The first-order chi connectivity index (χ1) is 9.88. The van der Waals surface area contributed by atoms with Gasteiger partial charge in [-0.2, -0.15) is 0 Å². The SMILES string of the molecule is Cc1ccc(F)c(Nc2ncc(C(=O)O)cc2[N+](=O)[O-])c1. The maximum Gasteiger partial charge on any atom is 0.337 e. The van der Waals surface area contributed by atoms with Crippen LogP contribution >= 0.6 is 0 Å². The Hall–Kier alpha value is -3.03. The molecule has 0 bridgehead atoms. The third-order valence-electron chi connectivity index (χ3n) is 2.69. The first-order valence-electron chi connectivity index (χ1n) is 5.79. The average Bonchev–Trinajstić information content (AvgIpc) is 2.42. The predicted octanol–water partition coefficient (Wildman–Crippen LogP) is 2.88. The van der Waals surface area contributed by atoms with Crippen molar-refractivity contribution in [3.05, 3.63) is 57.5 Å². The van der Waals surface area contributed by atoms with E-state index in [1.807, 2.05) is 0 Å². The Bertz CT molecular complexity index is 733. The Kier molecular flexibility index (Phi) is 3.79. The number of carboxylic acid groups (broad SMARTS) is 1. The first kappa shape index (κ1) is 14.4. The van der Waals surface area contributed by atoms with Gasteiger partial charge in [-0.1, -0.05) is 6.07 Å². The van der Waals surface area contributed by atoms with E-state index in [4.69, 9.17) is 5.11 Å². The first-order valence-corrected chi connectivity index (χ1v) is 5.79. The minimum atomic E-state index is -1.33. The van der Waals surface area contributed by atoms with Gasteiger partial charge in [-0.25, -0.2) is 14.2 Å². The van der Waals surface area contributed by atoms with Crippen LogP contribution in [0.1, 0.15) is 15.9 Å². The van der Waals surface area contributed by atoms with Crippen LogP contribution in [0.3, 0.4) is 0 Å². The molecule has 0 amide bonds. The molecule has 21 heavy (non-hydrogen) atoms. The van der Waals surface area contributed by atoms with Crippen molar-refractivity contribution in [1.82, 2.24) is 4.98 Å². The highest BCUT2D eigenvalue weighted by atomic mass is 19.1. The normalized spacial score (nSPS) is 10.2. The predicted molar refractivity (Wildman–Crippen MR) is 72.3 cm³/mol. The van der Waals surface area contributed by atoms with Crippen LogP contribution in [0, 0.1) is 22.9 Å². The largest absolute Gasteiger partial charge is 0.478 e. The number of nitro groups is 1. The van der Waals surface area contributed by atoms with Gasteiger partial charge in [0.25, 0.3) is 0 Å². The zero-order chi connectivity index (χ0) is 15.6. The van der Waals surface area contributed by atoms with Gasteiger partial charge >= 0.3 is 11.7 Å². The molecule has 1 heterocycles. The molecule has 0 radical (unpaired) electrons. The third-order valence-corrected chi connectivity index (χ3v) is 2.69. The van der Waals surface area contributed by atoms with Gasteiger partial charge in [-0.15, -0.1) is 0 Å². The minimum Gasteiger partial charge on any atom is -0.478 e. The zero-order valence-corrected chi connectivity index (χ0v) is 10.8. The van der Waals surface area contributed by atoms with E-state index in [9.17, 15) is 19.3 Å². The van der Waals surface area contributed by atoms with Gasteiger partial charge in [0.15, 0.2) is 0 Å². The molecule has 2 N–H and O–H groups in total. The fraction of sp³-hybridized carbons (Fsp3) is 0.0769. The molecule has 0 saturated carbocycles. The lowest BCUT2D eigenvalue weighted by Crippen LogP contribution is -2.05. The van der Waals surface area contributed by atoms with E-state index in [2.05, 4.69) is 10.3 Å². The van der Waals surface area contributed by atoms with Crippen molar-refractivity contribution in [2.24, 2.45) is 0 Å². The van der Waals surface area contributed by atoms with Crippen molar-refractivity contribution in [2.75, 3.05) is 5.32 Å². The van der Waals surface area contributed by atoms with Crippen molar-refractivity contribution in [1.29, 1.82) is 0 Å². The van der Waals surface area contributed by atoms with Gasteiger partial charge in [0, 0.05) is 12.3 Å². The van der Waals surface area contributed by atoms with Crippen LogP contribution in [-0.4, -0.2) is 21.0 Å². The van der Waals surface area contributed by atoms with Gasteiger partial charge < -0.3 is 10.4 Å². The van der Waals surface area contributed by atoms with Crippen LogP contribution in [0.25, 0.3) is 0 Å². The summed E-state index contributed by atoms with van der Waals surface area (Å²) in [6, 6.07) is 5.10. The zero-order valence-electron chi connectivity index (χ0n) is 10.8. The average molecular weight is 291 g/mol. The number of nitrogens with zero attached hydrogens (tertiary/aromatic N) is 2. The Morgan fingerprint density at radius 1 is 1.43 bits per heavy atom. The molecular formula is C13H10FN3O4. The molecule has 0 saturated heterocycles. The molecule has 0 spiro atoms. The number of halogens is 1. The number of anilines is 2. The van der Waals surface area contributed by atoms with Crippen LogP contribution in [0.2, 0.25) is 0 Å². The number of hydrogen-bond acceptors (Lipinski definition) is 5. The fourth-order valence-electron chi connectivity index (χ4n) is 1.67. The summed E-state index contributed by atoms with van der Waals surface area (Å²) in [5.74, 6) is -2.16. The highest BCUT2D eigenvalue weighted by Crippen LogP contribution is 2.27. The van der Waals surface area contributed by atoms with Crippen molar-refractivity contribution >= 4 is 23.2 Å². The van der Waals surface area contributed by atoms with E-state index in [-0.39, 0.29) is 17.1 Å². The summed E-state index contributed by atoms with van der Waals surface area (Å²) in [5.41, 5.74) is -0.0924. The summed E-state index contributed by atoms with van der Waals surface area (Å²) >= 11 is 0. The van der Waals surface area contributed by atoms with Gasteiger partial charge in [-0.3, -0.25) is 10.1 Å². The number of rotatable bonds is 4. The Balaban J connectivity index is 2.46.